The number of aromatic carboxylic acids is 1. The minimum Gasteiger partial charge on any atom is -0.478 e. The van der Waals surface area contributed by atoms with Gasteiger partial charge in [0.05, 0.1) is 18.5 Å². The van der Waals surface area contributed by atoms with Gasteiger partial charge in [0, 0.05) is 30.4 Å². The molecular formula is C29H29N3O3. The molecule has 5 rings (SSSR count). The lowest BCUT2D eigenvalue weighted by Gasteiger charge is -2.29. The molecular weight excluding hydrogens is 438 g/mol. The SMILES string of the molecule is CCc1cccc(Cn2c3c(c4cccnc42)CCN(C(=O)Cc2ccc(C(=O)O)c(C)c2)C3)c1. The molecule has 2 aromatic heterocycles. The van der Waals surface area contributed by atoms with E-state index in [1.165, 1.54) is 22.1 Å². The number of carbonyl (C=O) groups is 2. The van der Waals surface area contributed by atoms with Crippen LogP contribution in [0.5, 0.6) is 0 Å². The van der Waals surface area contributed by atoms with Crippen LogP contribution in [-0.4, -0.2) is 38.0 Å². The highest BCUT2D eigenvalue weighted by molar-refractivity contribution is 5.89. The highest BCUT2D eigenvalue weighted by Gasteiger charge is 2.27. The number of fused-ring (bicyclic) bond motifs is 3. The maximum absolute atomic E-state index is 13.3. The third-order valence-electron chi connectivity index (χ3n) is 6.98. The fraction of sp³-hybridized carbons (Fsp3) is 0.276. The molecule has 0 fully saturated rings. The third kappa shape index (κ3) is 4.44. The number of amides is 1. The molecule has 0 spiro atoms. The summed E-state index contributed by atoms with van der Waals surface area (Å²) in [6.45, 7) is 5.85. The summed E-state index contributed by atoms with van der Waals surface area (Å²) in [7, 11) is 0. The molecule has 0 saturated heterocycles. The van der Waals surface area contributed by atoms with Gasteiger partial charge in [-0.1, -0.05) is 43.3 Å². The normalized spacial score (nSPS) is 13.1. The quantitative estimate of drug-likeness (QED) is 0.443. The van der Waals surface area contributed by atoms with E-state index in [0.717, 1.165) is 29.7 Å². The number of rotatable bonds is 6. The predicted molar refractivity (Wildman–Crippen MR) is 136 cm³/mol. The van der Waals surface area contributed by atoms with Gasteiger partial charge in [-0.15, -0.1) is 0 Å². The number of nitrogens with zero attached hydrogens (tertiary/aromatic N) is 3. The monoisotopic (exact) mass is 467 g/mol. The first-order valence-corrected chi connectivity index (χ1v) is 12.1. The fourth-order valence-electron chi connectivity index (χ4n) is 5.14. The Morgan fingerprint density at radius 3 is 2.63 bits per heavy atom. The maximum atomic E-state index is 13.3. The lowest BCUT2D eigenvalue weighted by Crippen LogP contribution is -2.37. The molecule has 6 nitrogen and oxygen atoms in total. The van der Waals surface area contributed by atoms with E-state index in [1.807, 2.05) is 17.2 Å². The summed E-state index contributed by atoms with van der Waals surface area (Å²) < 4.78 is 2.27. The van der Waals surface area contributed by atoms with Crippen LogP contribution in [0.3, 0.4) is 0 Å². The molecule has 1 amide bonds. The number of benzene rings is 2. The van der Waals surface area contributed by atoms with Crippen LogP contribution in [0.2, 0.25) is 0 Å². The Hall–Kier alpha value is -3.93. The molecule has 3 heterocycles. The van der Waals surface area contributed by atoms with Crippen LogP contribution < -0.4 is 0 Å². The largest absolute Gasteiger partial charge is 0.478 e. The molecule has 35 heavy (non-hydrogen) atoms. The lowest BCUT2D eigenvalue weighted by molar-refractivity contribution is -0.131. The van der Waals surface area contributed by atoms with Gasteiger partial charge in [0.15, 0.2) is 0 Å². The van der Waals surface area contributed by atoms with Gasteiger partial charge in [0.2, 0.25) is 5.91 Å². The average Bonchev–Trinajstić information content (AvgIpc) is 3.17. The zero-order valence-electron chi connectivity index (χ0n) is 20.1. The minimum atomic E-state index is -0.949. The van der Waals surface area contributed by atoms with E-state index in [2.05, 4.69) is 41.8 Å². The number of carboxylic acid groups (broad SMARTS) is 1. The van der Waals surface area contributed by atoms with Crippen molar-refractivity contribution < 1.29 is 14.7 Å². The minimum absolute atomic E-state index is 0.0517. The highest BCUT2D eigenvalue weighted by atomic mass is 16.4. The van der Waals surface area contributed by atoms with Crippen molar-refractivity contribution in [3.8, 4) is 0 Å². The van der Waals surface area contributed by atoms with Crippen molar-refractivity contribution in [3.63, 3.8) is 0 Å². The van der Waals surface area contributed by atoms with Gasteiger partial charge in [-0.05, 0) is 65.8 Å². The standard InChI is InChI=1S/C29H29N3O3/c1-3-20-6-4-7-22(15-20)17-32-26-18-31(13-11-24(26)25-8-5-12-30-28(25)32)27(33)16-21-9-10-23(29(34)35)19(2)14-21/h4-10,12,14-15H,3,11,13,16-18H2,1-2H3,(H,34,35). The van der Waals surface area contributed by atoms with E-state index in [0.29, 0.717) is 25.2 Å². The van der Waals surface area contributed by atoms with Crippen LogP contribution in [0.15, 0.2) is 60.8 Å². The Balaban J connectivity index is 1.43. The second-order valence-electron chi connectivity index (χ2n) is 9.26. The lowest BCUT2D eigenvalue weighted by atomic mass is 10.0. The van der Waals surface area contributed by atoms with Crippen LogP contribution >= 0.6 is 0 Å². The first kappa shape index (κ1) is 22.8. The van der Waals surface area contributed by atoms with E-state index in [-0.39, 0.29) is 17.9 Å². The van der Waals surface area contributed by atoms with Crippen molar-refractivity contribution >= 4 is 22.9 Å². The van der Waals surface area contributed by atoms with Crippen LogP contribution in [0.4, 0.5) is 0 Å². The molecule has 0 atom stereocenters. The van der Waals surface area contributed by atoms with Crippen molar-refractivity contribution in [2.45, 2.75) is 46.2 Å². The molecule has 1 aliphatic rings. The van der Waals surface area contributed by atoms with E-state index >= 15 is 0 Å². The van der Waals surface area contributed by atoms with Crippen LogP contribution in [0, 0.1) is 6.92 Å². The summed E-state index contributed by atoms with van der Waals surface area (Å²) in [6.07, 6.45) is 3.87. The van der Waals surface area contributed by atoms with Gasteiger partial charge in [0.1, 0.15) is 5.65 Å². The second kappa shape index (κ2) is 9.37. The Morgan fingerprint density at radius 1 is 1.03 bits per heavy atom. The van der Waals surface area contributed by atoms with Crippen molar-refractivity contribution in [1.82, 2.24) is 14.5 Å². The Bertz CT molecular complexity index is 1440. The topological polar surface area (TPSA) is 75.4 Å². The van der Waals surface area contributed by atoms with Crippen molar-refractivity contribution in [2.75, 3.05) is 6.54 Å². The molecule has 0 unspecified atom stereocenters. The van der Waals surface area contributed by atoms with Gasteiger partial charge in [-0.2, -0.15) is 0 Å². The number of pyridine rings is 1. The summed E-state index contributed by atoms with van der Waals surface area (Å²) in [5, 5.41) is 10.4. The first-order chi connectivity index (χ1) is 16.9. The maximum Gasteiger partial charge on any atom is 0.335 e. The van der Waals surface area contributed by atoms with Crippen LogP contribution in [0.1, 0.15) is 50.8 Å². The van der Waals surface area contributed by atoms with E-state index in [9.17, 15) is 14.7 Å². The van der Waals surface area contributed by atoms with Gasteiger partial charge in [0.25, 0.3) is 0 Å². The molecule has 0 aliphatic carbocycles. The van der Waals surface area contributed by atoms with Crippen molar-refractivity contribution in [2.24, 2.45) is 0 Å². The molecule has 1 aliphatic heterocycles. The number of aromatic nitrogens is 2. The number of carboxylic acids is 1. The van der Waals surface area contributed by atoms with Gasteiger partial charge in [-0.25, -0.2) is 9.78 Å². The summed E-state index contributed by atoms with van der Waals surface area (Å²) in [4.78, 5) is 31.2. The second-order valence-corrected chi connectivity index (χ2v) is 9.26. The Labute approximate surface area is 204 Å². The van der Waals surface area contributed by atoms with Crippen LogP contribution in [0.25, 0.3) is 11.0 Å². The zero-order valence-corrected chi connectivity index (χ0v) is 20.1. The van der Waals surface area contributed by atoms with E-state index in [1.54, 1.807) is 25.1 Å². The first-order valence-electron chi connectivity index (χ1n) is 12.1. The Kier molecular flexibility index (Phi) is 6.12. The van der Waals surface area contributed by atoms with Crippen LogP contribution in [-0.2, 0) is 37.1 Å². The van der Waals surface area contributed by atoms with Crippen molar-refractivity contribution in [1.29, 1.82) is 0 Å². The van der Waals surface area contributed by atoms with E-state index < -0.39 is 5.97 Å². The molecule has 0 saturated carbocycles. The molecule has 1 N–H and O–H groups in total. The summed E-state index contributed by atoms with van der Waals surface area (Å²) in [6, 6.07) is 17.9. The summed E-state index contributed by atoms with van der Waals surface area (Å²) >= 11 is 0. The fourth-order valence-corrected chi connectivity index (χ4v) is 5.14. The smallest absolute Gasteiger partial charge is 0.335 e. The molecule has 0 radical (unpaired) electrons. The zero-order chi connectivity index (χ0) is 24.5. The Morgan fingerprint density at radius 2 is 1.86 bits per heavy atom. The van der Waals surface area contributed by atoms with Gasteiger partial charge >= 0.3 is 5.97 Å². The summed E-state index contributed by atoms with van der Waals surface area (Å²) in [5.74, 6) is -0.897. The predicted octanol–water partition coefficient (Wildman–Crippen LogP) is 4.78. The molecule has 178 valence electrons. The molecule has 2 aromatic carbocycles. The average molecular weight is 468 g/mol. The highest BCUT2D eigenvalue weighted by Crippen LogP contribution is 2.31. The van der Waals surface area contributed by atoms with Gasteiger partial charge < -0.3 is 14.6 Å². The molecule has 4 aromatic rings. The third-order valence-corrected chi connectivity index (χ3v) is 6.98. The molecule has 6 heteroatoms. The summed E-state index contributed by atoms with van der Waals surface area (Å²) in [5.41, 5.74) is 7.71. The van der Waals surface area contributed by atoms with E-state index in [4.69, 9.17) is 4.98 Å². The number of hydrogen-bond acceptors (Lipinski definition) is 3. The number of hydrogen-bond donors (Lipinski definition) is 1. The number of aryl methyl sites for hydroxylation is 2. The van der Waals surface area contributed by atoms with Crippen molar-refractivity contribution in [3.05, 3.63) is 99.9 Å². The molecule has 0 bridgehead atoms. The van der Waals surface area contributed by atoms with Gasteiger partial charge in [-0.3, -0.25) is 4.79 Å². The number of carbonyl (C=O) groups excluding carboxylic acids is 1.